The molecule has 3 unspecified atom stereocenters. The molecule has 2 aliphatic rings. The highest BCUT2D eigenvalue weighted by Gasteiger charge is 2.34. The van der Waals surface area contributed by atoms with Crippen LogP contribution in [-0.2, 0) is 0 Å². The van der Waals surface area contributed by atoms with Gasteiger partial charge < -0.3 is 4.90 Å². The number of rotatable bonds is 2. The van der Waals surface area contributed by atoms with Crippen molar-refractivity contribution < 1.29 is 0 Å². The number of nitrogens with zero attached hydrogens (tertiary/aromatic N) is 3. The summed E-state index contributed by atoms with van der Waals surface area (Å²) in [5, 5.41) is 0. The molecule has 2 aliphatic heterocycles. The molecule has 0 aromatic carbocycles. The normalized spacial score (nSPS) is 32.7. The van der Waals surface area contributed by atoms with E-state index in [0.29, 0.717) is 17.9 Å². The Morgan fingerprint density at radius 1 is 1.33 bits per heavy atom. The Kier molecular flexibility index (Phi) is 3.43. The van der Waals surface area contributed by atoms with Gasteiger partial charge in [0.25, 0.3) is 0 Å². The van der Waals surface area contributed by atoms with Gasteiger partial charge in [0.1, 0.15) is 0 Å². The Labute approximate surface area is 108 Å². The van der Waals surface area contributed by atoms with E-state index in [2.05, 4.69) is 32.6 Å². The Hall–Kier alpha value is -1.20. The van der Waals surface area contributed by atoms with Crippen LogP contribution in [0, 0.1) is 11.8 Å². The van der Waals surface area contributed by atoms with Crippen LogP contribution in [0.15, 0.2) is 18.5 Å². The molecule has 1 aromatic rings. The molecule has 0 bridgehead atoms. The summed E-state index contributed by atoms with van der Waals surface area (Å²) >= 11 is 0. The minimum absolute atomic E-state index is 0.580. The molecule has 18 heavy (non-hydrogen) atoms. The van der Waals surface area contributed by atoms with E-state index in [4.69, 9.17) is 0 Å². The Morgan fingerprint density at radius 2 is 2.17 bits per heavy atom. The van der Waals surface area contributed by atoms with Gasteiger partial charge in [-0.15, -0.1) is 0 Å². The van der Waals surface area contributed by atoms with Gasteiger partial charge in [0.05, 0.1) is 0 Å². The van der Waals surface area contributed by atoms with E-state index in [1.165, 1.54) is 12.8 Å². The van der Waals surface area contributed by atoms with Crippen molar-refractivity contribution in [2.45, 2.75) is 25.8 Å². The summed E-state index contributed by atoms with van der Waals surface area (Å²) in [6.07, 6.45) is 6.18. The molecule has 2 N–H and O–H groups in total. The monoisotopic (exact) mass is 247 g/mol. The zero-order chi connectivity index (χ0) is 12.4. The van der Waals surface area contributed by atoms with Crippen LogP contribution < -0.4 is 15.8 Å². The molecule has 0 amide bonds. The molecular weight excluding hydrogens is 226 g/mol. The lowest BCUT2D eigenvalue weighted by molar-refractivity contribution is 0.284. The Morgan fingerprint density at radius 3 is 2.89 bits per heavy atom. The van der Waals surface area contributed by atoms with Gasteiger partial charge in [-0.3, -0.25) is 10.9 Å². The van der Waals surface area contributed by atoms with Crippen LogP contribution in [0.25, 0.3) is 0 Å². The lowest BCUT2D eigenvalue weighted by atomic mass is 9.85. The average molecular weight is 247 g/mol. The van der Waals surface area contributed by atoms with Crippen molar-refractivity contribution in [1.82, 2.24) is 20.8 Å². The van der Waals surface area contributed by atoms with Gasteiger partial charge in [0.15, 0.2) is 0 Å². The van der Waals surface area contributed by atoms with Gasteiger partial charge in [-0.2, -0.15) is 0 Å². The van der Waals surface area contributed by atoms with Crippen LogP contribution in [-0.4, -0.2) is 35.6 Å². The maximum absolute atomic E-state index is 4.36. The number of anilines is 1. The van der Waals surface area contributed by atoms with E-state index < -0.39 is 0 Å². The predicted molar refractivity (Wildman–Crippen MR) is 71.1 cm³/mol. The van der Waals surface area contributed by atoms with Crippen molar-refractivity contribution in [3.8, 4) is 0 Å². The molecular formula is C13H21N5. The van der Waals surface area contributed by atoms with Crippen LogP contribution in [0.3, 0.4) is 0 Å². The molecule has 3 heterocycles. The molecule has 2 fully saturated rings. The number of piperidine rings is 1. The number of hydrogen-bond acceptors (Lipinski definition) is 5. The minimum Gasteiger partial charge on any atom is -0.340 e. The minimum atomic E-state index is 0.580. The van der Waals surface area contributed by atoms with Crippen LogP contribution in [0.5, 0.6) is 0 Å². The largest absolute Gasteiger partial charge is 0.340 e. The fourth-order valence-corrected chi connectivity index (χ4v) is 3.13. The predicted octanol–water partition coefficient (Wildman–Crippen LogP) is 0.805. The third-order valence-corrected chi connectivity index (χ3v) is 4.11. The fraction of sp³-hybridized carbons (Fsp3) is 0.692. The van der Waals surface area contributed by atoms with Crippen molar-refractivity contribution in [1.29, 1.82) is 0 Å². The zero-order valence-corrected chi connectivity index (χ0v) is 10.8. The average Bonchev–Trinajstić information content (AvgIpc) is 2.86. The number of hydrogen-bond donors (Lipinski definition) is 2. The van der Waals surface area contributed by atoms with E-state index >= 15 is 0 Å². The van der Waals surface area contributed by atoms with Crippen LogP contribution >= 0.6 is 0 Å². The third kappa shape index (κ3) is 2.33. The Balaban J connectivity index is 1.69. The molecule has 0 radical (unpaired) electrons. The van der Waals surface area contributed by atoms with Gasteiger partial charge in [0.2, 0.25) is 5.95 Å². The summed E-state index contributed by atoms with van der Waals surface area (Å²) in [7, 11) is 0. The smallest absolute Gasteiger partial charge is 0.225 e. The molecule has 0 aliphatic carbocycles. The topological polar surface area (TPSA) is 53.1 Å². The second-order valence-corrected chi connectivity index (χ2v) is 5.43. The Bertz CT molecular complexity index is 382. The second-order valence-electron chi connectivity index (χ2n) is 5.43. The molecule has 5 nitrogen and oxygen atoms in total. The molecule has 0 saturated carbocycles. The van der Waals surface area contributed by atoms with Crippen LogP contribution in [0.4, 0.5) is 5.95 Å². The molecule has 98 valence electrons. The first kappa shape index (κ1) is 11.9. The van der Waals surface area contributed by atoms with Crippen LogP contribution in [0.2, 0.25) is 0 Å². The van der Waals surface area contributed by atoms with Gasteiger partial charge in [-0.1, -0.05) is 6.92 Å². The van der Waals surface area contributed by atoms with Crippen LogP contribution in [0.1, 0.15) is 19.8 Å². The second kappa shape index (κ2) is 5.20. The first-order chi connectivity index (χ1) is 8.84. The summed E-state index contributed by atoms with van der Waals surface area (Å²) in [6, 6.07) is 2.45. The van der Waals surface area contributed by atoms with E-state index in [1.54, 1.807) is 0 Å². The summed E-state index contributed by atoms with van der Waals surface area (Å²) in [5.74, 6) is 2.26. The number of nitrogens with one attached hydrogen (secondary N) is 2. The highest BCUT2D eigenvalue weighted by Crippen LogP contribution is 2.26. The highest BCUT2D eigenvalue weighted by atomic mass is 15.4. The quantitative estimate of drug-likeness (QED) is 0.810. The number of aromatic nitrogens is 2. The lowest BCUT2D eigenvalue weighted by Crippen LogP contribution is -2.47. The van der Waals surface area contributed by atoms with Crippen molar-refractivity contribution in [3.63, 3.8) is 0 Å². The molecule has 3 atom stereocenters. The van der Waals surface area contributed by atoms with E-state index in [-0.39, 0.29) is 0 Å². The maximum atomic E-state index is 4.36. The van der Waals surface area contributed by atoms with Gasteiger partial charge in [-0.25, -0.2) is 9.97 Å². The summed E-state index contributed by atoms with van der Waals surface area (Å²) in [6.45, 7) is 5.53. The van der Waals surface area contributed by atoms with Gasteiger partial charge in [0, 0.05) is 38.1 Å². The summed E-state index contributed by atoms with van der Waals surface area (Å²) in [4.78, 5) is 11.0. The molecule has 3 rings (SSSR count). The molecule has 5 heteroatoms. The SMILES string of the molecule is CC1CNNC1C1CCCN(c2ncccn2)C1. The molecule has 0 spiro atoms. The van der Waals surface area contributed by atoms with Crippen molar-refractivity contribution >= 4 is 5.95 Å². The summed E-state index contributed by atoms with van der Waals surface area (Å²) < 4.78 is 0. The van der Waals surface area contributed by atoms with Crippen molar-refractivity contribution in [2.75, 3.05) is 24.5 Å². The third-order valence-electron chi connectivity index (χ3n) is 4.11. The fourth-order valence-electron chi connectivity index (χ4n) is 3.13. The maximum Gasteiger partial charge on any atom is 0.225 e. The van der Waals surface area contributed by atoms with E-state index in [1.807, 2.05) is 18.5 Å². The van der Waals surface area contributed by atoms with E-state index in [9.17, 15) is 0 Å². The zero-order valence-electron chi connectivity index (χ0n) is 10.8. The molecule has 2 saturated heterocycles. The van der Waals surface area contributed by atoms with Gasteiger partial charge >= 0.3 is 0 Å². The lowest BCUT2D eigenvalue weighted by Gasteiger charge is -2.36. The summed E-state index contributed by atoms with van der Waals surface area (Å²) in [5.41, 5.74) is 6.70. The first-order valence-electron chi connectivity index (χ1n) is 6.85. The molecule has 1 aromatic heterocycles. The van der Waals surface area contributed by atoms with Crippen molar-refractivity contribution in [3.05, 3.63) is 18.5 Å². The first-order valence-corrected chi connectivity index (χ1v) is 6.85. The standard InChI is InChI=1S/C13H21N5/c1-10-8-16-17-12(10)11-4-2-7-18(9-11)13-14-5-3-6-15-13/h3,5-6,10-12,16-17H,2,4,7-9H2,1H3. The van der Waals surface area contributed by atoms with Crippen molar-refractivity contribution in [2.24, 2.45) is 11.8 Å². The van der Waals surface area contributed by atoms with Gasteiger partial charge in [-0.05, 0) is 30.7 Å². The number of hydrazine groups is 1. The highest BCUT2D eigenvalue weighted by molar-refractivity contribution is 5.29. The van der Waals surface area contributed by atoms with E-state index in [0.717, 1.165) is 25.6 Å².